The zero-order valence-corrected chi connectivity index (χ0v) is 19.1. The molecule has 1 heterocycles. The number of methoxy groups -OCH3 is 1. The van der Waals surface area contributed by atoms with Gasteiger partial charge in [-0.3, -0.25) is 4.99 Å². The van der Waals surface area contributed by atoms with Gasteiger partial charge in [0.25, 0.3) is 0 Å². The molecule has 1 aromatic rings. The van der Waals surface area contributed by atoms with Crippen molar-refractivity contribution in [3.05, 3.63) is 29.8 Å². The van der Waals surface area contributed by atoms with Crippen LogP contribution in [0.15, 0.2) is 29.3 Å². The molecule has 27 heavy (non-hydrogen) atoms. The number of aliphatic hydroxyl groups excluding tert-OH is 1. The van der Waals surface area contributed by atoms with Gasteiger partial charge in [-0.2, -0.15) is 0 Å². The summed E-state index contributed by atoms with van der Waals surface area (Å²) in [5.74, 6) is 1.57. The summed E-state index contributed by atoms with van der Waals surface area (Å²) in [5.41, 5.74) is 0.846. The van der Waals surface area contributed by atoms with Crippen molar-refractivity contribution < 1.29 is 9.84 Å². The Morgan fingerprint density at radius 1 is 1.26 bits per heavy atom. The molecule has 2 rings (SSSR count). The van der Waals surface area contributed by atoms with Gasteiger partial charge in [-0.05, 0) is 50.4 Å². The summed E-state index contributed by atoms with van der Waals surface area (Å²) in [5, 5.41) is 17.2. The van der Waals surface area contributed by atoms with E-state index in [-0.39, 0.29) is 24.0 Å². The van der Waals surface area contributed by atoms with Gasteiger partial charge in [0, 0.05) is 25.7 Å². The topological polar surface area (TPSA) is 69.1 Å². The van der Waals surface area contributed by atoms with E-state index < -0.39 is 6.10 Å². The molecule has 7 heteroatoms. The van der Waals surface area contributed by atoms with Gasteiger partial charge in [0.05, 0.1) is 19.8 Å². The van der Waals surface area contributed by atoms with Crippen LogP contribution in [0.4, 0.5) is 0 Å². The molecule has 0 radical (unpaired) electrons. The molecule has 3 N–H and O–H groups in total. The fraction of sp³-hybridized carbons (Fsp3) is 0.650. The summed E-state index contributed by atoms with van der Waals surface area (Å²) in [6, 6.07) is 7.91. The lowest BCUT2D eigenvalue weighted by molar-refractivity contribution is 0.186. The molecule has 0 saturated carbocycles. The number of aliphatic imine (C=N–C) groups is 1. The Labute approximate surface area is 180 Å². The quantitative estimate of drug-likeness (QED) is 0.297. The highest BCUT2D eigenvalue weighted by Crippen LogP contribution is 2.18. The maximum Gasteiger partial charge on any atom is 0.191 e. The molecular weight excluding hydrogens is 455 g/mol. The molecule has 0 amide bonds. The molecule has 1 aromatic carbocycles. The molecule has 1 aliphatic heterocycles. The van der Waals surface area contributed by atoms with E-state index >= 15 is 0 Å². The first-order valence-corrected chi connectivity index (χ1v) is 9.75. The molecule has 1 saturated heterocycles. The van der Waals surface area contributed by atoms with Crippen molar-refractivity contribution in [1.82, 2.24) is 15.5 Å². The molecule has 6 nitrogen and oxygen atoms in total. The van der Waals surface area contributed by atoms with Crippen LogP contribution in [-0.2, 0) is 0 Å². The molecule has 0 bridgehead atoms. The van der Waals surface area contributed by atoms with E-state index in [9.17, 15) is 5.11 Å². The molecule has 1 fully saturated rings. The number of aliphatic hydroxyl groups is 1. The van der Waals surface area contributed by atoms with Crippen LogP contribution < -0.4 is 15.4 Å². The van der Waals surface area contributed by atoms with Crippen molar-refractivity contribution in [2.75, 3.05) is 39.8 Å². The van der Waals surface area contributed by atoms with E-state index in [1.807, 2.05) is 24.3 Å². The summed E-state index contributed by atoms with van der Waals surface area (Å²) in [4.78, 5) is 7.10. The summed E-state index contributed by atoms with van der Waals surface area (Å²) in [6.07, 6.45) is 2.85. The number of piperidine rings is 1. The highest BCUT2D eigenvalue weighted by Gasteiger charge is 2.19. The number of halogens is 1. The Morgan fingerprint density at radius 2 is 1.93 bits per heavy atom. The number of hydrogen-bond donors (Lipinski definition) is 3. The van der Waals surface area contributed by atoms with E-state index in [0.29, 0.717) is 12.6 Å². The number of hydrogen-bond acceptors (Lipinski definition) is 4. The van der Waals surface area contributed by atoms with Gasteiger partial charge in [0.2, 0.25) is 0 Å². The van der Waals surface area contributed by atoms with Crippen molar-refractivity contribution >= 4 is 29.9 Å². The highest BCUT2D eigenvalue weighted by atomic mass is 127. The van der Waals surface area contributed by atoms with Gasteiger partial charge < -0.3 is 25.4 Å². The molecule has 0 spiro atoms. The van der Waals surface area contributed by atoms with Gasteiger partial charge >= 0.3 is 0 Å². The van der Waals surface area contributed by atoms with E-state index in [4.69, 9.17) is 4.74 Å². The lowest BCUT2D eigenvalue weighted by Gasteiger charge is -2.32. The van der Waals surface area contributed by atoms with Crippen LogP contribution in [0.25, 0.3) is 0 Å². The van der Waals surface area contributed by atoms with E-state index in [2.05, 4.69) is 34.4 Å². The number of nitrogens with zero attached hydrogens (tertiary/aromatic N) is 2. The summed E-state index contributed by atoms with van der Waals surface area (Å²) in [6.45, 7) is 8.89. The largest absolute Gasteiger partial charge is 0.497 e. The van der Waals surface area contributed by atoms with Crippen LogP contribution in [0.5, 0.6) is 5.75 Å². The van der Waals surface area contributed by atoms with E-state index in [0.717, 1.165) is 49.7 Å². The number of rotatable bonds is 8. The third kappa shape index (κ3) is 8.23. The van der Waals surface area contributed by atoms with Gasteiger partial charge in [0.15, 0.2) is 5.96 Å². The molecule has 0 aromatic heterocycles. The smallest absolute Gasteiger partial charge is 0.191 e. The van der Waals surface area contributed by atoms with Crippen molar-refractivity contribution in [3.8, 4) is 5.75 Å². The van der Waals surface area contributed by atoms with Crippen LogP contribution in [0, 0.1) is 0 Å². The van der Waals surface area contributed by atoms with Crippen LogP contribution in [-0.4, -0.2) is 61.8 Å². The second-order valence-corrected chi connectivity index (χ2v) is 6.77. The maximum absolute atomic E-state index is 10.4. The standard InChI is InChI=1S/C20H34N4O2.HI/c1-4-12-24-13-10-17(11-14-24)23-20(21-5-2)22-15-19(25)16-6-8-18(26-3)9-7-16;/h6-9,17,19,25H,4-5,10-15H2,1-3H3,(H2,21,22,23);1H. The Hall–Kier alpha value is -1.06. The van der Waals surface area contributed by atoms with Crippen LogP contribution in [0.3, 0.4) is 0 Å². The zero-order valence-electron chi connectivity index (χ0n) is 16.8. The Morgan fingerprint density at radius 3 is 2.48 bits per heavy atom. The average molecular weight is 490 g/mol. The normalized spacial score (nSPS) is 17.1. The first-order chi connectivity index (χ1) is 12.7. The monoisotopic (exact) mass is 490 g/mol. The minimum absolute atomic E-state index is 0. The SMILES string of the molecule is CCCN1CCC(NC(=NCC(O)c2ccc(OC)cc2)NCC)CC1.I. The number of guanidine groups is 1. The zero-order chi connectivity index (χ0) is 18.8. The van der Waals surface area contributed by atoms with Crippen LogP contribution >= 0.6 is 24.0 Å². The highest BCUT2D eigenvalue weighted by molar-refractivity contribution is 14.0. The average Bonchev–Trinajstić information content (AvgIpc) is 2.68. The second-order valence-electron chi connectivity index (χ2n) is 6.77. The van der Waals surface area contributed by atoms with Crippen molar-refractivity contribution in [2.24, 2.45) is 4.99 Å². The molecule has 154 valence electrons. The first-order valence-electron chi connectivity index (χ1n) is 9.75. The summed E-state index contributed by atoms with van der Waals surface area (Å²) in [7, 11) is 1.64. The molecule has 1 aliphatic rings. The molecule has 1 unspecified atom stereocenters. The third-order valence-corrected chi connectivity index (χ3v) is 4.74. The van der Waals surface area contributed by atoms with Crippen LogP contribution in [0.2, 0.25) is 0 Å². The number of nitrogens with one attached hydrogen (secondary N) is 2. The van der Waals surface area contributed by atoms with Crippen molar-refractivity contribution in [3.63, 3.8) is 0 Å². The van der Waals surface area contributed by atoms with Crippen molar-refractivity contribution in [1.29, 1.82) is 0 Å². The summed E-state index contributed by atoms with van der Waals surface area (Å²) < 4.78 is 5.15. The minimum Gasteiger partial charge on any atom is -0.497 e. The molecule has 0 aliphatic carbocycles. The van der Waals surface area contributed by atoms with Gasteiger partial charge in [-0.15, -0.1) is 24.0 Å². The van der Waals surface area contributed by atoms with Gasteiger partial charge in [-0.25, -0.2) is 0 Å². The van der Waals surface area contributed by atoms with E-state index in [1.165, 1.54) is 13.0 Å². The Balaban J connectivity index is 0.00000364. The predicted molar refractivity (Wildman–Crippen MR) is 122 cm³/mol. The molecule has 1 atom stereocenters. The maximum atomic E-state index is 10.4. The lowest BCUT2D eigenvalue weighted by atomic mass is 10.1. The second kappa shape index (κ2) is 13.2. The summed E-state index contributed by atoms with van der Waals surface area (Å²) >= 11 is 0. The van der Waals surface area contributed by atoms with E-state index in [1.54, 1.807) is 7.11 Å². The Bertz CT molecular complexity index is 545. The minimum atomic E-state index is -0.622. The van der Waals surface area contributed by atoms with Crippen LogP contribution in [0.1, 0.15) is 44.8 Å². The number of benzene rings is 1. The fourth-order valence-corrected chi connectivity index (χ4v) is 3.24. The number of likely N-dealkylation sites (tertiary alicyclic amines) is 1. The number of ether oxygens (including phenoxy) is 1. The first kappa shape index (κ1) is 24.0. The Kier molecular flexibility index (Phi) is 11.7. The molecular formula is C20H35IN4O2. The fourth-order valence-electron chi connectivity index (χ4n) is 3.24. The lowest BCUT2D eigenvalue weighted by Crippen LogP contribution is -2.48. The van der Waals surface area contributed by atoms with Gasteiger partial charge in [0.1, 0.15) is 5.75 Å². The van der Waals surface area contributed by atoms with Gasteiger partial charge in [-0.1, -0.05) is 19.1 Å². The third-order valence-electron chi connectivity index (χ3n) is 4.74. The van der Waals surface area contributed by atoms with Crippen molar-refractivity contribution in [2.45, 2.75) is 45.3 Å². The predicted octanol–water partition coefficient (Wildman–Crippen LogP) is 2.78.